The van der Waals surface area contributed by atoms with Gasteiger partial charge in [-0.1, -0.05) is 36.9 Å². The first-order valence-electron chi connectivity index (χ1n) is 7.51. The molecule has 3 nitrogen and oxygen atoms in total. The normalized spacial score (nSPS) is 10.4. The summed E-state index contributed by atoms with van der Waals surface area (Å²) in [5.41, 5.74) is 4.31. The van der Waals surface area contributed by atoms with E-state index >= 15 is 0 Å². The van der Waals surface area contributed by atoms with Crippen molar-refractivity contribution < 1.29 is 4.74 Å². The number of hydrogen-bond acceptors (Lipinski definition) is 2. The van der Waals surface area contributed by atoms with Gasteiger partial charge in [0.15, 0.2) is 0 Å². The Kier molecular flexibility index (Phi) is 4.16. The minimum absolute atomic E-state index is 0.354. The lowest BCUT2D eigenvalue weighted by Gasteiger charge is -2.09. The zero-order valence-corrected chi connectivity index (χ0v) is 13.1. The standard InChI is InChI=1S/C20H18N2O/c1-3-19-17(11-12-21)18-13-16(23-2)9-10-20(18)22(19)14-15-7-5-4-6-8-15/h3-10,13H,1,11,14H2,2H3. The van der Waals surface area contributed by atoms with Gasteiger partial charge in [0, 0.05) is 23.1 Å². The van der Waals surface area contributed by atoms with E-state index in [0.29, 0.717) is 6.42 Å². The van der Waals surface area contributed by atoms with Crippen LogP contribution in [0.15, 0.2) is 55.1 Å². The second kappa shape index (κ2) is 6.41. The number of aromatic nitrogens is 1. The Morgan fingerprint density at radius 1 is 1.22 bits per heavy atom. The molecule has 0 N–H and O–H groups in total. The second-order valence-corrected chi connectivity index (χ2v) is 5.36. The molecule has 1 heterocycles. The van der Waals surface area contributed by atoms with Crippen LogP contribution in [0.5, 0.6) is 5.75 Å². The largest absolute Gasteiger partial charge is 0.497 e. The molecular weight excluding hydrogens is 284 g/mol. The smallest absolute Gasteiger partial charge is 0.119 e. The van der Waals surface area contributed by atoms with Gasteiger partial charge in [-0.05, 0) is 35.4 Å². The zero-order valence-electron chi connectivity index (χ0n) is 13.1. The molecule has 0 amide bonds. The Bertz CT molecular complexity index is 885. The van der Waals surface area contributed by atoms with Gasteiger partial charge in [-0.3, -0.25) is 0 Å². The average molecular weight is 302 g/mol. The number of benzene rings is 2. The average Bonchev–Trinajstić information content (AvgIpc) is 2.88. The summed E-state index contributed by atoms with van der Waals surface area (Å²) in [6.07, 6.45) is 2.19. The maximum Gasteiger partial charge on any atom is 0.119 e. The lowest BCUT2D eigenvalue weighted by molar-refractivity contribution is 0.415. The summed E-state index contributed by atoms with van der Waals surface area (Å²) >= 11 is 0. The highest BCUT2D eigenvalue weighted by molar-refractivity contribution is 5.89. The van der Waals surface area contributed by atoms with E-state index in [0.717, 1.165) is 34.5 Å². The molecule has 0 spiro atoms. The van der Waals surface area contributed by atoms with Gasteiger partial charge < -0.3 is 9.30 Å². The van der Waals surface area contributed by atoms with Crippen LogP contribution in [0.4, 0.5) is 0 Å². The molecule has 0 atom stereocenters. The molecule has 0 aliphatic heterocycles. The molecule has 0 fully saturated rings. The molecule has 23 heavy (non-hydrogen) atoms. The predicted molar refractivity (Wildman–Crippen MR) is 93.4 cm³/mol. The molecular formula is C20H18N2O. The van der Waals surface area contributed by atoms with Crippen molar-refractivity contribution in [2.45, 2.75) is 13.0 Å². The van der Waals surface area contributed by atoms with Gasteiger partial charge in [-0.2, -0.15) is 5.26 Å². The highest BCUT2D eigenvalue weighted by atomic mass is 16.5. The fourth-order valence-corrected chi connectivity index (χ4v) is 2.98. The summed E-state index contributed by atoms with van der Waals surface area (Å²) in [6.45, 7) is 4.70. The second-order valence-electron chi connectivity index (χ2n) is 5.36. The summed E-state index contributed by atoms with van der Waals surface area (Å²) in [5.74, 6) is 0.796. The van der Waals surface area contributed by atoms with Gasteiger partial charge in [0.05, 0.1) is 19.6 Å². The maximum atomic E-state index is 9.20. The van der Waals surface area contributed by atoms with Gasteiger partial charge in [0.1, 0.15) is 5.75 Å². The van der Waals surface area contributed by atoms with Crippen LogP contribution in [0, 0.1) is 11.3 Å². The first kappa shape index (κ1) is 14.9. The monoisotopic (exact) mass is 302 g/mol. The number of methoxy groups -OCH3 is 1. The molecule has 0 saturated heterocycles. The highest BCUT2D eigenvalue weighted by Crippen LogP contribution is 2.31. The number of fused-ring (bicyclic) bond motifs is 1. The van der Waals surface area contributed by atoms with Crippen molar-refractivity contribution in [3.8, 4) is 11.8 Å². The number of nitriles is 1. The van der Waals surface area contributed by atoms with Crippen LogP contribution >= 0.6 is 0 Å². The molecule has 1 aromatic heterocycles. The number of ether oxygens (including phenoxy) is 1. The molecule has 0 aliphatic rings. The van der Waals surface area contributed by atoms with E-state index in [2.05, 4.69) is 29.3 Å². The molecule has 114 valence electrons. The van der Waals surface area contributed by atoms with Crippen LogP contribution in [0.25, 0.3) is 17.0 Å². The Morgan fingerprint density at radius 3 is 2.65 bits per heavy atom. The van der Waals surface area contributed by atoms with Gasteiger partial charge in [-0.25, -0.2) is 0 Å². The van der Waals surface area contributed by atoms with Crippen molar-refractivity contribution in [3.05, 3.63) is 71.9 Å². The summed E-state index contributed by atoms with van der Waals surface area (Å²) in [4.78, 5) is 0. The van der Waals surface area contributed by atoms with Gasteiger partial charge in [0.2, 0.25) is 0 Å². The van der Waals surface area contributed by atoms with Crippen LogP contribution in [-0.4, -0.2) is 11.7 Å². The van der Waals surface area contributed by atoms with E-state index in [1.807, 2.05) is 42.5 Å². The van der Waals surface area contributed by atoms with Crippen LogP contribution in [-0.2, 0) is 13.0 Å². The van der Waals surface area contributed by atoms with Crippen molar-refractivity contribution >= 4 is 17.0 Å². The van der Waals surface area contributed by atoms with Crippen LogP contribution in [0.3, 0.4) is 0 Å². The predicted octanol–water partition coefficient (Wildman–Crippen LogP) is 4.41. The summed E-state index contributed by atoms with van der Waals surface area (Å²) in [6, 6.07) is 18.5. The molecule has 0 radical (unpaired) electrons. The minimum Gasteiger partial charge on any atom is -0.497 e. The molecule has 0 aliphatic carbocycles. The Labute approximate surface area is 136 Å². The summed E-state index contributed by atoms with van der Waals surface area (Å²) < 4.78 is 7.55. The minimum atomic E-state index is 0.354. The zero-order chi connectivity index (χ0) is 16.2. The molecule has 3 aromatic rings. The van der Waals surface area contributed by atoms with E-state index in [1.54, 1.807) is 7.11 Å². The van der Waals surface area contributed by atoms with Gasteiger partial charge >= 0.3 is 0 Å². The molecule has 3 heteroatoms. The van der Waals surface area contributed by atoms with E-state index < -0.39 is 0 Å². The fraction of sp³-hybridized carbons (Fsp3) is 0.150. The lowest BCUT2D eigenvalue weighted by Crippen LogP contribution is -2.02. The molecule has 2 aromatic carbocycles. The maximum absolute atomic E-state index is 9.20. The van der Waals surface area contributed by atoms with E-state index in [4.69, 9.17) is 4.74 Å². The van der Waals surface area contributed by atoms with Gasteiger partial charge in [-0.15, -0.1) is 0 Å². The van der Waals surface area contributed by atoms with Gasteiger partial charge in [0.25, 0.3) is 0 Å². The van der Waals surface area contributed by atoms with Crippen LogP contribution in [0.1, 0.15) is 16.8 Å². The molecule has 0 saturated carbocycles. The van der Waals surface area contributed by atoms with Crippen molar-refractivity contribution in [1.29, 1.82) is 5.26 Å². The Hall–Kier alpha value is -2.99. The summed E-state index contributed by atoms with van der Waals surface area (Å²) in [7, 11) is 1.65. The van der Waals surface area contributed by atoms with Crippen LogP contribution < -0.4 is 4.74 Å². The Morgan fingerprint density at radius 2 is 2.00 bits per heavy atom. The van der Waals surface area contributed by atoms with E-state index in [9.17, 15) is 5.26 Å². The lowest BCUT2D eigenvalue weighted by atomic mass is 10.1. The first-order chi connectivity index (χ1) is 11.3. The Balaban J connectivity index is 2.23. The van der Waals surface area contributed by atoms with Crippen molar-refractivity contribution in [3.63, 3.8) is 0 Å². The van der Waals surface area contributed by atoms with Crippen molar-refractivity contribution in [1.82, 2.24) is 4.57 Å². The molecule has 0 unspecified atom stereocenters. The fourth-order valence-electron chi connectivity index (χ4n) is 2.98. The van der Waals surface area contributed by atoms with E-state index in [1.165, 1.54) is 5.56 Å². The third-order valence-electron chi connectivity index (χ3n) is 4.05. The third-order valence-corrected chi connectivity index (χ3v) is 4.05. The van der Waals surface area contributed by atoms with E-state index in [-0.39, 0.29) is 0 Å². The summed E-state index contributed by atoms with van der Waals surface area (Å²) in [5, 5.41) is 10.3. The van der Waals surface area contributed by atoms with Crippen molar-refractivity contribution in [2.75, 3.05) is 7.11 Å². The quantitative estimate of drug-likeness (QED) is 0.700. The molecule has 0 bridgehead atoms. The molecule has 3 rings (SSSR count). The number of hydrogen-bond donors (Lipinski definition) is 0. The number of nitrogens with zero attached hydrogens (tertiary/aromatic N) is 2. The highest BCUT2D eigenvalue weighted by Gasteiger charge is 2.16. The third kappa shape index (κ3) is 2.72. The topological polar surface area (TPSA) is 37.9 Å². The van der Waals surface area contributed by atoms with Crippen LogP contribution in [0.2, 0.25) is 0 Å². The van der Waals surface area contributed by atoms with Crippen molar-refractivity contribution in [2.24, 2.45) is 0 Å². The number of rotatable bonds is 5. The SMILES string of the molecule is C=Cc1c(CC#N)c2cc(OC)ccc2n1Cc1ccccc1. The first-order valence-corrected chi connectivity index (χ1v) is 7.51.